The molecule has 0 bridgehead atoms. The molecule has 2 aromatic rings. The molecule has 2 N–H and O–H groups in total. The maximum absolute atomic E-state index is 12.3. The maximum Gasteiger partial charge on any atom is 0.237 e. The number of hydrogen-bond donors (Lipinski definition) is 2. The van der Waals surface area contributed by atoms with Gasteiger partial charge in [-0.15, -0.1) is 11.8 Å². The molecule has 132 valence electrons. The number of amides is 2. The number of thioether (sulfide) groups is 1. The fourth-order valence-corrected chi connectivity index (χ4v) is 2.97. The minimum atomic E-state index is -0.380. The highest BCUT2D eigenvalue weighted by Gasteiger charge is 2.16. The molecule has 0 aliphatic rings. The van der Waals surface area contributed by atoms with Crippen LogP contribution >= 0.6 is 35.0 Å². The molecule has 0 spiro atoms. The van der Waals surface area contributed by atoms with Gasteiger partial charge in [0.25, 0.3) is 0 Å². The quantitative estimate of drug-likeness (QED) is 0.721. The summed E-state index contributed by atoms with van der Waals surface area (Å²) in [6.45, 7) is 3.60. The van der Waals surface area contributed by atoms with E-state index in [1.807, 2.05) is 6.92 Å². The molecule has 0 aliphatic heterocycles. The van der Waals surface area contributed by atoms with Crippen molar-refractivity contribution in [2.45, 2.75) is 19.1 Å². The zero-order chi connectivity index (χ0) is 18.4. The first-order valence-electron chi connectivity index (χ1n) is 7.60. The zero-order valence-electron chi connectivity index (χ0n) is 13.8. The van der Waals surface area contributed by atoms with Gasteiger partial charge in [-0.1, -0.05) is 29.3 Å². The second kappa shape index (κ2) is 9.13. The van der Waals surface area contributed by atoms with Crippen molar-refractivity contribution in [3.63, 3.8) is 0 Å². The predicted octanol–water partition coefficient (Wildman–Crippen LogP) is 5.00. The highest BCUT2D eigenvalue weighted by atomic mass is 35.5. The Bertz CT molecular complexity index is 766. The van der Waals surface area contributed by atoms with E-state index >= 15 is 0 Å². The normalized spacial score (nSPS) is 11.7. The van der Waals surface area contributed by atoms with E-state index in [2.05, 4.69) is 10.6 Å². The number of nitrogens with one attached hydrogen (secondary N) is 2. The first-order valence-corrected chi connectivity index (χ1v) is 9.40. The van der Waals surface area contributed by atoms with Crippen molar-refractivity contribution in [2.24, 2.45) is 0 Å². The van der Waals surface area contributed by atoms with Gasteiger partial charge < -0.3 is 10.6 Å². The first kappa shape index (κ1) is 19.6. The molecule has 2 aromatic carbocycles. The van der Waals surface area contributed by atoms with Crippen LogP contribution in [-0.4, -0.2) is 22.8 Å². The van der Waals surface area contributed by atoms with Gasteiger partial charge in [-0.3, -0.25) is 9.59 Å². The van der Waals surface area contributed by atoms with Crippen LogP contribution in [0, 0.1) is 6.92 Å². The Kier molecular flexibility index (Phi) is 7.17. The fraction of sp³-hybridized carbons (Fsp3) is 0.222. The number of anilines is 2. The number of carbonyl (C=O) groups excluding carboxylic acids is 2. The smallest absolute Gasteiger partial charge is 0.237 e. The Balaban J connectivity index is 1.83. The van der Waals surface area contributed by atoms with Crippen LogP contribution in [0.15, 0.2) is 42.5 Å². The summed E-state index contributed by atoms with van der Waals surface area (Å²) >= 11 is 13.1. The SMILES string of the molecule is Cc1c(Cl)cccc1NC(=O)C(C)SCC(=O)Nc1ccc(Cl)cc1. The number of benzene rings is 2. The van der Waals surface area contributed by atoms with Gasteiger partial charge in [0, 0.05) is 21.4 Å². The monoisotopic (exact) mass is 396 g/mol. The average molecular weight is 397 g/mol. The molecule has 25 heavy (non-hydrogen) atoms. The van der Waals surface area contributed by atoms with E-state index in [0.717, 1.165) is 5.56 Å². The second-order valence-electron chi connectivity index (χ2n) is 5.41. The van der Waals surface area contributed by atoms with Gasteiger partial charge in [0.1, 0.15) is 0 Å². The Morgan fingerprint density at radius 2 is 1.76 bits per heavy atom. The van der Waals surface area contributed by atoms with E-state index in [9.17, 15) is 9.59 Å². The van der Waals surface area contributed by atoms with Crippen LogP contribution in [0.2, 0.25) is 10.0 Å². The van der Waals surface area contributed by atoms with Gasteiger partial charge in [-0.2, -0.15) is 0 Å². The van der Waals surface area contributed by atoms with E-state index in [-0.39, 0.29) is 22.8 Å². The van der Waals surface area contributed by atoms with Gasteiger partial charge in [0.05, 0.1) is 11.0 Å². The Hall–Kier alpha value is -1.69. The third-order valence-corrected chi connectivity index (χ3v) is 5.29. The summed E-state index contributed by atoms with van der Waals surface area (Å²) in [7, 11) is 0. The lowest BCUT2D eigenvalue weighted by atomic mass is 10.2. The molecule has 1 atom stereocenters. The van der Waals surface area contributed by atoms with Crippen LogP contribution in [0.5, 0.6) is 0 Å². The standard InChI is InChI=1S/C18H18Cl2N2O2S/c1-11-15(20)4-3-5-16(11)22-18(24)12(2)25-10-17(23)21-14-8-6-13(19)7-9-14/h3-9,12H,10H2,1-2H3,(H,21,23)(H,22,24). The van der Waals surface area contributed by atoms with Crippen LogP contribution in [0.4, 0.5) is 11.4 Å². The van der Waals surface area contributed by atoms with E-state index in [1.54, 1.807) is 49.4 Å². The van der Waals surface area contributed by atoms with E-state index < -0.39 is 0 Å². The lowest BCUT2D eigenvalue weighted by Crippen LogP contribution is -2.25. The molecule has 0 radical (unpaired) electrons. The molecule has 0 fully saturated rings. The molecule has 0 saturated heterocycles. The minimum absolute atomic E-state index is 0.172. The zero-order valence-corrected chi connectivity index (χ0v) is 16.1. The summed E-state index contributed by atoms with van der Waals surface area (Å²) in [5.41, 5.74) is 2.16. The number of rotatable bonds is 6. The Morgan fingerprint density at radius 3 is 2.44 bits per heavy atom. The molecule has 0 aliphatic carbocycles. The molecule has 0 aromatic heterocycles. The predicted molar refractivity (Wildman–Crippen MR) is 107 cm³/mol. The number of carbonyl (C=O) groups is 2. The molecule has 1 unspecified atom stereocenters. The molecule has 2 amide bonds. The molecule has 0 saturated carbocycles. The van der Waals surface area contributed by atoms with Crippen LogP contribution in [0.25, 0.3) is 0 Å². The van der Waals surface area contributed by atoms with Crippen molar-refractivity contribution in [3.8, 4) is 0 Å². The van der Waals surface area contributed by atoms with Crippen molar-refractivity contribution in [2.75, 3.05) is 16.4 Å². The maximum atomic E-state index is 12.3. The van der Waals surface area contributed by atoms with E-state index in [1.165, 1.54) is 11.8 Å². The third-order valence-electron chi connectivity index (χ3n) is 3.49. The highest BCUT2D eigenvalue weighted by Crippen LogP contribution is 2.24. The van der Waals surface area contributed by atoms with Crippen LogP contribution < -0.4 is 10.6 Å². The lowest BCUT2D eigenvalue weighted by molar-refractivity contribution is -0.115. The summed E-state index contributed by atoms with van der Waals surface area (Å²) in [6, 6.07) is 12.2. The highest BCUT2D eigenvalue weighted by molar-refractivity contribution is 8.01. The average Bonchev–Trinajstić information content (AvgIpc) is 2.58. The molecule has 2 rings (SSSR count). The minimum Gasteiger partial charge on any atom is -0.325 e. The van der Waals surface area contributed by atoms with Crippen molar-refractivity contribution < 1.29 is 9.59 Å². The van der Waals surface area contributed by atoms with Crippen molar-refractivity contribution in [1.29, 1.82) is 0 Å². The summed E-state index contributed by atoms with van der Waals surface area (Å²) < 4.78 is 0. The van der Waals surface area contributed by atoms with Crippen LogP contribution in [0.1, 0.15) is 12.5 Å². The summed E-state index contributed by atoms with van der Waals surface area (Å²) in [4.78, 5) is 24.2. The van der Waals surface area contributed by atoms with Crippen LogP contribution in [0.3, 0.4) is 0 Å². The van der Waals surface area contributed by atoms with Crippen molar-refractivity contribution in [1.82, 2.24) is 0 Å². The van der Waals surface area contributed by atoms with Gasteiger partial charge in [-0.25, -0.2) is 0 Å². The van der Waals surface area contributed by atoms with Gasteiger partial charge in [0.15, 0.2) is 0 Å². The molecular formula is C18H18Cl2N2O2S. The second-order valence-corrected chi connectivity index (χ2v) is 7.58. The molecular weight excluding hydrogens is 379 g/mol. The third kappa shape index (κ3) is 5.96. The van der Waals surface area contributed by atoms with Gasteiger partial charge in [0.2, 0.25) is 11.8 Å². The summed E-state index contributed by atoms with van der Waals surface area (Å²) in [5, 5.41) is 6.42. The lowest BCUT2D eigenvalue weighted by Gasteiger charge is -2.14. The van der Waals surface area contributed by atoms with E-state index in [0.29, 0.717) is 21.4 Å². The fourth-order valence-electron chi connectivity index (χ4n) is 1.98. The molecule has 7 heteroatoms. The molecule has 0 heterocycles. The first-order chi connectivity index (χ1) is 11.9. The topological polar surface area (TPSA) is 58.2 Å². The van der Waals surface area contributed by atoms with Gasteiger partial charge >= 0.3 is 0 Å². The van der Waals surface area contributed by atoms with E-state index in [4.69, 9.17) is 23.2 Å². The van der Waals surface area contributed by atoms with Crippen LogP contribution in [-0.2, 0) is 9.59 Å². The van der Waals surface area contributed by atoms with Crippen molar-refractivity contribution in [3.05, 3.63) is 58.1 Å². The van der Waals surface area contributed by atoms with Gasteiger partial charge in [-0.05, 0) is 55.8 Å². The summed E-state index contributed by atoms with van der Waals surface area (Å²) in [5.74, 6) is -0.174. The molecule has 4 nitrogen and oxygen atoms in total. The summed E-state index contributed by atoms with van der Waals surface area (Å²) in [6.07, 6.45) is 0. The number of halogens is 2. The van der Waals surface area contributed by atoms with Crippen molar-refractivity contribution >= 4 is 58.2 Å². The Labute approximate surface area is 161 Å². The number of hydrogen-bond acceptors (Lipinski definition) is 3. The Morgan fingerprint density at radius 1 is 1.08 bits per heavy atom. The largest absolute Gasteiger partial charge is 0.325 e.